The van der Waals surface area contributed by atoms with E-state index >= 15 is 0 Å². The molecule has 0 aromatic heterocycles. The van der Waals surface area contributed by atoms with Gasteiger partial charge in [-0.15, -0.1) is 0 Å². The van der Waals surface area contributed by atoms with Crippen LogP contribution in [0.4, 0.5) is 0 Å². The third-order valence-electron chi connectivity index (χ3n) is 2.80. The summed E-state index contributed by atoms with van der Waals surface area (Å²) in [5.41, 5.74) is 6.44. The van der Waals surface area contributed by atoms with Crippen molar-refractivity contribution in [3.63, 3.8) is 0 Å². The zero-order valence-corrected chi connectivity index (χ0v) is 13.7. The van der Waals surface area contributed by atoms with Crippen molar-refractivity contribution < 1.29 is 9.59 Å². The summed E-state index contributed by atoms with van der Waals surface area (Å²) in [6.07, 6.45) is 1.50. The van der Waals surface area contributed by atoms with Gasteiger partial charge in [-0.05, 0) is 48.0 Å². The molecule has 0 aliphatic rings. The van der Waals surface area contributed by atoms with Crippen LogP contribution in [-0.4, -0.2) is 11.8 Å². The van der Waals surface area contributed by atoms with Gasteiger partial charge in [0.15, 0.2) is 0 Å². The van der Waals surface area contributed by atoms with Gasteiger partial charge in [-0.3, -0.25) is 9.59 Å². The monoisotopic (exact) mass is 378 g/mol. The van der Waals surface area contributed by atoms with Gasteiger partial charge in [-0.25, -0.2) is 0 Å². The highest BCUT2D eigenvalue weighted by molar-refractivity contribution is 9.10. The van der Waals surface area contributed by atoms with E-state index in [-0.39, 0.29) is 5.70 Å². The summed E-state index contributed by atoms with van der Waals surface area (Å²) in [5, 5.41) is 3.09. The van der Waals surface area contributed by atoms with E-state index in [9.17, 15) is 9.59 Å². The Kier molecular flexibility index (Phi) is 5.35. The van der Waals surface area contributed by atoms with E-state index in [0.29, 0.717) is 16.1 Å². The van der Waals surface area contributed by atoms with Crippen molar-refractivity contribution in [2.24, 2.45) is 5.73 Å². The van der Waals surface area contributed by atoms with Gasteiger partial charge in [-0.2, -0.15) is 0 Å². The first kappa shape index (κ1) is 16.3. The predicted octanol–water partition coefficient (Wildman–Crippen LogP) is 3.36. The number of amides is 2. The minimum Gasteiger partial charge on any atom is -0.364 e. The van der Waals surface area contributed by atoms with Crippen LogP contribution in [0.2, 0.25) is 5.02 Å². The molecule has 6 heteroatoms. The second-order valence-corrected chi connectivity index (χ2v) is 5.79. The van der Waals surface area contributed by atoms with Crippen molar-refractivity contribution in [2.45, 2.75) is 0 Å². The molecule has 0 spiro atoms. The summed E-state index contributed by atoms with van der Waals surface area (Å²) in [4.78, 5) is 23.6. The maximum absolute atomic E-state index is 12.1. The normalized spacial score (nSPS) is 11.1. The molecule has 2 amide bonds. The van der Waals surface area contributed by atoms with Gasteiger partial charge in [0.25, 0.3) is 11.8 Å². The number of nitrogens with two attached hydrogens (primary N) is 1. The summed E-state index contributed by atoms with van der Waals surface area (Å²) in [6.45, 7) is 0. The number of halogens is 2. The fourth-order valence-electron chi connectivity index (χ4n) is 1.69. The van der Waals surface area contributed by atoms with Crippen LogP contribution in [0.3, 0.4) is 0 Å². The number of hydrogen-bond acceptors (Lipinski definition) is 2. The van der Waals surface area contributed by atoms with Gasteiger partial charge in [0.05, 0.1) is 0 Å². The summed E-state index contributed by atoms with van der Waals surface area (Å²) < 4.78 is 0.857. The molecular formula is C16H12BrClN2O2. The molecule has 4 nitrogen and oxygen atoms in total. The van der Waals surface area contributed by atoms with Crippen molar-refractivity contribution in [2.75, 3.05) is 0 Å². The van der Waals surface area contributed by atoms with E-state index < -0.39 is 11.8 Å². The lowest BCUT2D eigenvalue weighted by Gasteiger charge is -2.07. The van der Waals surface area contributed by atoms with Gasteiger partial charge in [0, 0.05) is 15.1 Å². The van der Waals surface area contributed by atoms with E-state index in [1.165, 1.54) is 6.08 Å². The third-order valence-corrected chi connectivity index (χ3v) is 3.58. The molecule has 2 aromatic rings. The Hall–Kier alpha value is -2.11. The molecule has 22 heavy (non-hydrogen) atoms. The number of benzene rings is 2. The molecule has 0 saturated heterocycles. The number of nitrogens with one attached hydrogen (secondary N) is 1. The van der Waals surface area contributed by atoms with E-state index in [1.54, 1.807) is 48.5 Å². The molecule has 0 atom stereocenters. The van der Waals surface area contributed by atoms with E-state index in [4.69, 9.17) is 17.3 Å². The summed E-state index contributed by atoms with van der Waals surface area (Å²) in [7, 11) is 0. The average molecular weight is 380 g/mol. The van der Waals surface area contributed by atoms with Gasteiger partial charge < -0.3 is 11.1 Å². The summed E-state index contributed by atoms with van der Waals surface area (Å²) >= 11 is 9.09. The molecule has 2 aromatic carbocycles. The summed E-state index contributed by atoms with van der Waals surface area (Å²) in [5.74, 6) is -1.13. The topological polar surface area (TPSA) is 72.2 Å². The average Bonchev–Trinajstić information content (AvgIpc) is 2.49. The summed E-state index contributed by atoms with van der Waals surface area (Å²) in [6, 6.07) is 13.6. The van der Waals surface area contributed by atoms with Crippen molar-refractivity contribution in [3.05, 3.63) is 74.9 Å². The SMILES string of the molecule is NC(=O)/C(=C/c1ccc(Cl)cc1)NC(=O)c1ccc(Br)cc1. The molecule has 0 heterocycles. The zero-order valence-electron chi connectivity index (χ0n) is 11.3. The Bertz CT molecular complexity index is 725. The highest BCUT2D eigenvalue weighted by Gasteiger charge is 2.11. The maximum atomic E-state index is 12.1. The fourth-order valence-corrected chi connectivity index (χ4v) is 2.08. The van der Waals surface area contributed by atoms with Crippen molar-refractivity contribution in [1.29, 1.82) is 0 Å². The lowest BCUT2D eigenvalue weighted by Crippen LogP contribution is -2.31. The van der Waals surface area contributed by atoms with Crippen LogP contribution < -0.4 is 11.1 Å². The Labute approximate surface area is 141 Å². The molecule has 0 unspecified atom stereocenters. The Morgan fingerprint density at radius 1 is 1.05 bits per heavy atom. The standard InChI is InChI=1S/C16H12BrClN2O2/c17-12-5-3-11(4-6-12)16(22)20-14(15(19)21)9-10-1-7-13(18)8-2-10/h1-9H,(H2,19,21)(H,20,22)/b14-9-. The van der Waals surface area contributed by atoms with Crippen LogP contribution in [0.1, 0.15) is 15.9 Å². The van der Waals surface area contributed by atoms with E-state index in [0.717, 1.165) is 4.47 Å². The predicted molar refractivity (Wildman–Crippen MR) is 90.2 cm³/mol. The van der Waals surface area contributed by atoms with Gasteiger partial charge in [-0.1, -0.05) is 39.7 Å². The van der Waals surface area contributed by atoms with Gasteiger partial charge >= 0.3 is 0 Å². The fraction of sp³-hybridized carbons (Fsp3) is 0. The molecule has 2 rings (SSSR count). The molecular weight excluding hydrogens is 368 g/mol. The van der Waals surface area contributed by atoms with Crippen LogP contribution in [0.5, 0.6) is 0 Å². The minimum absolute atomic E-state index is 0.00948. The van der Waals surface area contributed by atoms with Crippen LogP contribution in [-0.2, 0) is 4.79 Å². The van der Waals surface area contributed by atoms with Gasteiger partial charge in [0.1, 0.15) is 5.70 Å². The number of primary amides is 1. The molecule has 0 fully saturated rings. The maximum Gasteiger partial charge on any atom is 0.265 e. The number of carbonyl (C=O) groups excluding carboxylic acids is 2. The second kappa shape index (κ2) is 7.24. The third kappa shape index (κ3) is 4.44. The second-order valence-electron chi connectivity index (χ2n) is 4.43. The molecule has 112 valence electrons. The zero-order chi connectivity index (χ0) is 16.1. The lowest BCUT2D eigenvalue weighted by molar-refractivity contribution is -0.114. The minimum atomic E-state index is -0.722. The first-order valence-corrected chi connectivity index (χ1v) is 7.47. The number of rotatable bonds is 4. The molecule has 0 aliphatic carbocycles. The van der Waals surface area contributed by atoms with Crippen molar-refractivity contribution in [3.8, 4) is 0 Å². The number of hydrogen-bond donors (Lipinski definition) is 2. The highest BCUT2D eigenvalue weighted by atomic mass is 79.9. The van der Waals surface area contributed by atoms with Crippen LogP contribution in [0, 0.1) is 0 Å². The first-order valence-electron chi connectivity index (χ1n) is 6.29. The Morgan fingerprint density at radius 3 is 2.18 bits per heavy atom. The molecule has 0 bridgehead atoms. The van der Waals surface area contributed by atoms with Crippen molar-refractivity contribution >= 4 is 45.4 Å². The molecule has 0 radical (unpaired) electrons. The molecule has 3 N–H and O–H groups in total. The Balaban J connectivity index is 2.21. The Morgan fingerprint density at radius 2 is 1.64 bits per heavy atom. The van der Waals surface area contributed by atoms with Crippen molar-refractivity contribution in [1.82, 2.24) is 5.32 Å². The van der Waals surface area contributed by atoms with E-state index in [1.807, 2.05) is 0 Å². The van der Waals surface area contributed by atoms with Crippen LogP contribution in [0.15, 0.2) is 58.7 Å². The van der Waals surface area contributed by atoms with E-state index in [2.05, 4.69) is 21.2 Å². The van der Waals surface area contributed by atoms with Crippen LogP contribution >= 0.6 is 27.5 Å². The quantitative estimate of drug-likeness (QED) is 0.800. The lowest BCUT2D eigenvalue weighted by atomic mass is 10.1. The molecule has 0 saturated carbocycles. The number of carbonyl (C=O) groups is 2. The smallest absolute Gasteiger partial charge is 0.265 e. The van der Waals surface area contributed by atoms with Gasteiger partial charge in [0.2, 0.25) is 0 Å². The molecule has 0 aliphatic heterocycles. The first-order chi connectivity index (χ1) is 10.5. The largest absolute Gasteiger partial charge is 0.364 e. The van der Waals surface area contributed by atoms with Crippen LogP contribution in [0.25, 0.3) is 6.08 Å². The highest BCUT2D eigenvalue weighted by Crippen LogP contribution is 2.13.